The molecule has 29 heavy (non-hydrogen) atoms. The van der Waals surface area contributed by atoms with Gasteiger partial charge < -0.3 is 28.4 Å². The van der Waals surface area contributed by atoms with E-state index in [1.54, 1.807) is 7.11 Å². The second-order valence-electron chi connectivity index (χ2n) is 7.62. The zero-order valence-corrected chi connectivity index (χ0v) is 19.0. The van der Waals surface area contributed by atoms with Crippen LogP contribution in [-0.4, -0.2) is 70.7 Å². The van der Waals surface area contributed by atoms with Crippen molar-refractivity contribution in [1.82, 2.24) is 0 Å². The lowest BCUT2D eigenvalue weighted by Crippen LogP contribution is -2.29. The van der Waals surface area contributed by atoms with Crippen LogP contribution in [0.5, 0.6) is 0 Å². The van der Waals surface area contributed by atoms with Crippen molar-refractivity contribution < 1.29 is 28.4 Å². The van der Waals surface area contributed by atoms with E-state index in [0.717, 1.165) is 0 Å². The predicted octanol–water partition coefficient (Wildman–Crippen LogP) is 3.86. The molecule has 0 saturated carbocycles. The molecule has 1 aromatic carbocycles. The molecule has 0 heterocycles. The zero-order valence-electron chi connectivity index (χ0n) is 19.0. The summed E-state index contributed by atoms with van der Waals surface area (Å²) in [6, 6.07) is 10.1. The van der Waals surface area contributed by atoms with Crippen LogP contribution < -0.4 is 0 Å². The van der Waals surface area contributed by atoms with Crippen LogP contribution in [0.25, 0.3) is 0 Å². The fourth-order valence-electron chi connectivity index (χ4n) is 2.38. The molecule has 1 aromatic rings. The molecule has 0 amide bonds. The molecule has 5 unspecified atom stereocenters. The lowest BCUT2D eigenvalue weighted by molar-refractivity contribution is -0.0980. The van der Waals surface area contributed by atoms with E-state index < -0.39 is 0 Å². The van der Waals surface area contributed by atoms with E-state index in [9.17, 15) is 0 Å². The van der Waals surface area contributed by atoms with Gasteiger partial charge >= 0.3 is 0 Å². The molecule has 0 radical (unpaired) electrons. The maximum atomic E-state index is 5.82. The van der Waals surface area contributed by atoms with Gasteiger partial charge in [0, 0.05) is 7.11 Å². The van der Waals surface area contributed by atoms with Gasteiger partial charge in [0.15, 0.2) is 0 Å². The molecule has 0 N–H and O–H groups in total. The van der Waals surface area contributed by atoms with Gasteiger partial charge in [0.1, 0.15) is 0 Å². The molecule has 6 nitrogen and oxygen atoms in total. The van der Waals surface area contributed by atoms with Crippen molar-refractivity contribution in [1.29, 1.82) is 0 Å². The first-order valence-corrected chi connectivity index (χ1v) is 10.5. The summed E-state index contributed by atoms with van der Waals surface area (Å²) in [7, 11) is 1.68. The van der Waals surface area contributed by atoms with E-state index in [4.69, 9.17) is 28.4 Å². The average molecular weight is 413 g/mol. The number of ether oxygens (including phenoxy) is 6. The zero-order chi connectivity index (χ0) is 21.5. The average Bonchev–Trinajstić information content (AvgIpc) is 2.73. The fraction of sp³-hybridized carbons (Fsp3) is 0.739. The Morgan fingerprint density at radius 2 is 1.00 bits per heavy atom. The van der Waals surface area contributed by atoms with Gasteiger partial charge in [-0.05, 0) is 40.2 Å². The molecular formula is C23H40O6. The van der Waals surface area contributed by atoms with E-state index in [1.807, 2.05) is 52.8 Å². The molecule has 0 aliphatic heterocycles. The summed E-state index contributed by atoms with van der Waals surface area (Å²) in [6.07, 6.45) is 0.118. The molecule has 0 bridgehead atoms. The first kappa shape index (κ1) is 26.0. The molecule has 6 heteroatoms. The third-order valence-corrected chi connectivity index (χ3v) is 4.33. The minimum atomic E-state index is -0.00570. The minimum Gasteiger partial charge on any atom is -0.379 e. The Hall–Kier alpha value is -1.02. The highest BCUT2D eigenvalue weighted by atomic mass is 16.6. The molecule has 0 fully saturated rings. The number of methoxy groups -OCH3 is 1. The first-order chi connectivity index (χ1) is 13.9. The summed E-state index contributed by atoms with van der Waals surface area (Å²) in [5.41, 5.74) is 1.17. The predicted molar refractivity (Wildman–Crippen MR) is 114 cm³/mol. The Bertz CT molecular complexity index is 497. The second kappa shape index (κ2) is 15.8. The smallest absolute Gasteiger partial charge is 0.0781 e. The normalized spacial score (nSPS) is 16.9. The molecule has 0 aliphatic rings. The SMILES string of the molecule is COC(C)COC(C)COC(C)COC(C)COC(C)COCc1ccccc1. The van der Waals surface area contributed by atoms with E-state index in [2.05, 4.69) is 12.1 Å². The lowest BCUT2D eigenvalue weighted by atomic mass is 10.2. The van der Waals surface area contributed by atoms with Crippen LogP contribution in [0.3, 0.4) is 0 Å². The fourth-order valence-corrected chi connectivity index (χ4v) is 2.38. The van der Waals surface area contributed by atoms with Gasteiger partial charge in [-0.15, -0.1) is 0 Å². The Labute approximate surface area is 176 Å². The first-order valence-electron chi connectivity index (χ1n) is 10.5. The van der Waals surface area contributed by atoms with Crippen LogP contribution in [0.15, 0.2) is 30.3 Å². The van der Waals surface area contributed by atoms with Crippen LogP contribution in [0.2, 0.25) is 0 Å². The van der Waals surface area contributed by atoms with Crippen LogP contribution in [0.1, 0.15) is 40.2 Å². The molecule has 5 atom stereocenters. The number of benzene rings is 1. The molecule has 1 rings (SSSR count). The van der Waals surface area contributed by atoms with E-state index >= 15 is 0 Å². The van der Waals surface area contributed by atoms with Crippen molar-refractivity contribution in [2.75, 3.05) is 40.1 Å². The maximum absolute atomic E-state index is 5.82. The number of hydrogen-bond acceptors (Lipinski definition) is 6. The second-order valence-corrected chi connectivity index (χ2v) is 7.62. The van der Waals surface area contributed by atoms with Crippen LogP contribution in [-0.2, 0) is 35.0 Å². The van der Waals surface area contributed by atoms with Crippen molar-refractivity contribution in [3.05, 3.63) is 35.9 Å². The summed E-state index contributed by atoms with van der Waals surface area (Å²) in [5.74, 6) is 0. The van der Waals surface area contributed by atoms with Crippen molar-refractivity contribution in [2.24, 2.45) is 0 Å². The van der Waals surface area contributed by atoms with Crippen molar-refractivity contribution >= 4 is 0 Å². The van der Waals surface area contributed by atoms with Crippen molar-refractivity contribution in [2.45, 2.75) is 71.7 Å². The Kier molecular flexibility index (Phi) is 14.1. The molecule has 0 aromatic heterocycles. The summed E-state index contributed by atoms with van der Waals surface area (Å²) >= 11 is 0. The van der Waals surface area contributed by atoms with E-state index in [1.165, 1.54) is 5.56 Å². The van der Waals surface area contributed by atoms with Crippen molar-refractivity contribution in [3.63, 3.8) is 0 Å². The molecule has 0 saturated heterocycles. The summed E-state index contributed by atoms with van der Waals surface area (Å²) in [6.45, 7) is 13.3. The highest BCUT2D eigenvalue weighted by molar-refractivity contribution is 5.13. The van der Waals surface area contributed by atoms with Crippen LogP contribution in [0.4, 0.5) is 0 Å². The number of rotatable bonds is 17. The van der Waals surface area contributed by atoms with Gasteiger partial charge in [0.25, 0.3) is 0 Å². The monoisotopic (exact) mass is 412 g/mol. The topological polar surface area (TPSA) is 55.4 Å². The minimum absolute atomic E-state index is 0.00465. The highest BCUT2D eigenvalue weighted by Gasteiger charge is 2.12. The van der Waals surface area contributed by atoms with Gasteiger partial charge in [-0.1, -0.05) is 30.3 Å². The highest BCUT2D eigenvalue weighted by Crippen LogP contribution is 2.05. The van der Waals surface area contributed by atoms with Gasteiger partial charge in [0.2, 0.25) is 0 Å². The van der Waals surface area contributed by atoms with Crippen molar-refractivity contribution in [3.8, 4) is 0 Å². The van der Waals surface area contributed by atoms with Crippen LogP contribution in [0, 0.1) is 0 Å². The molecular weight excluding hydrogens is 372 g/mol. The molecule has 0 aliphatic carbocycles. The quantitative estimate of drug-likeness (QED) is 0.387. The lowest BCUT2D eigenvalue weighted by Gasteiger charge is -2.21. The third kappa shape index (κ3) is 13.8. The molecule has 0 spiro atoms. The van der Waals surface area contributed by atoms with E-state index in [0.29, 0.717) is 39.6 Å². The van der Waals surface area contributed by atoms with Crippen LogP contribution >= 0.6 is 0 Å². The van der Waals surface area contributed by atoms with Gasteiger partial charge in [-0.3, -0.25) is 0 Å². The van der Waals surface area contributed by atoms with E-state index in [-0.39, 0.29) is 30.5 Å². The van der Waals surface area contributed by atoms with Gasteiger partial charge in [0.05, 0.1) is 70.2 Å². The maximum Gasteiger partial charge on any atom is 0.0781 e. The standard InChI is InChI=1S/C23H40O6/c1-18(24-6)13-26-20(3)15-28-22(5)16-29-21(4)14-27-19(2)12-25-17-23-10-8-7-9-11-23/h7-11,18-22H,12-17H2,1-6H3. The summed E-state index contributed by atoms with van der Waals surface area (Å²) in [4.78, 5) is 0. The largest absolute Gasteiger partial charge is 0.379 e. The van der Waals surface area contributed by atoms with Gasteiger partial charge in [-0.25, -0.2) is 0 Å². The van der Waals surface area contributed by atoms with Gasteiger partial charge in [-0.2, -0.15) is 0 Å². The Morgan fingerprint density at radius 1 is 0.586 bits per heavy atom. The third-order valence-electron chi connectivity index (χ3n) is 4.33. The Balaban J connectivity index is 2.04. The summed E-state index contributed by atoms with van der Waals surface area (Å²) in [5, 5.41) is 0. The summed E-state index contributed by atoms with van der Waals surface area (Å²) < 4.78 is 34.0. The number of hydrogen-bond donors (Lipinski definition) is 0. The molecule has 168 valence electrons. The Morgan fingerprint density at radius 3 is 1.45 bits per heavy atom.